The van der Waals surface area contributed by atoms with Crippen LogP contribution >= 0.6 is 11.6 Å². The van der Waals surface area contributed by atoms with Gasteiger partial charge in [-0.3, -0.25) is 4.57 Å². The van der Waals surface area contributed by atoms with Crippen molar-refractivity contribution < 1.29 is 4.74 Å². The van der Waals surface area contributed by atoms with Gasteiger partial charge in [0.2, 0.25) is 5.95 Å². The number of pyridine rings is 1. The normalized spacial score (nSPS) is 11.0. The number of benzene rings is 1. The Kier molecular flexibility index (Phi) is 3.66. The van der Waals surface area contributed by atoms with Gasteiger partial charge in [0.25, 0.3) is 0 Å². The summed E-state index contributed by atoms with van der Waals surface area (Å²) in [5.74, 6) is 1.30. The number of anilines is 1. The summed E-state index contributed by atoms with van der Waals surface area (Å²) < 4.78 is 7.05. The number of imidazole rings is 1. The largest absolute Gasteiger partial charge is 0.497 e. The number of ether oxygens (including phenoxy) is 1. The van der Waals surface area contributed by atoms with E-state index < -0.39 is 0 Å². The molecule has 2 aromatic heterocycles. The average molecular weight is 303 g/mol. The average Bonchev–Trinajstić information content (AvgIpc) is 2.80. The monoisotopic (exact) mass is 302 g/mol. The highest BCUT2D eigenvalue weighted by Crippen LogP contribution is 2.20. The van der Waals surface area contributed by atoms with Gasteiger partial charge < -0.3 is 10.5 Å². The van der Waals surface area contributed by atoms with Crippen LogP contribution in [-0.4, -0.2) is 21.6 Å². The van der Waals surface area contributed by atoms with E-state index in [9.17, 15) is 0 Å². The molecule has 0 fully saturated rings. The van der Waals surface area contributed by atoms with Crippen LogP contribution in [0.2, 0.25) is 5.02 Å². The second-order valence-corrected chi connectivity index (χ2v) is 5.15. The van der Waals surface area contributed by atoms with Crippen molar-refractivity contribution in [1.29, 1.82) is 0 Å². The van der Waals surface area contributed by atoms with Gasteiger partial charge in [-0.2, -0.15) is 0 Å². The Morgan fingerprint density at radius 3 is 2.76 bits per heavy atom. The third-order valence-corrected chi connectivity index (χ3v) is 3.57. The van der Waals surface area contributed by atoms with Crippen LogP contribution < -0.4 is 10.5 Å². The van der Waals surface area contributed by atoms with Gasteiger partial charge in [-0.25, -0.2) is 9.97 Å². The minimum atomic E-state index is 0.452. The van der Waals surface area contributed by atoms with Crippen LogP contribution in [0, 0.1) is 0 Å². The lowest BCUT2D eigenvalue weighted by atomic mass is 10.1. The Balaban J connectivity index is 1.82. The number of nitrogens with two attached hydrogens (primary N) is 1. The minimum absolute atomic E-state index is 0.452. The first kappa shape index (κ1) is 13.7. The molecule has 3 aromatic rings. The molecule has 108 valence electrons. The molecule has 0 aliphatic rings. The van der Waals surface area contributed by atoms with Gasteiger partial charge >= 0.3 is 0 Å². The van der Waals surface area contributed by atoms with Crippen molar-refractivity contribution in [3.8, 4) is 5.75 Å². The first-order valence-corrected chi connectivity index (χ1v) is 6.95. The van der Waals surface area contributed by atoms with Crippen LogP contribution in [0.4, 0.5) is 5.95 Å². The van der Waals surface area contributed by atoms with Crippen LogP contribution in [-0.2, 0) is 13.0 Å². The second kappa shape index (κ2) is 5.61. The van der Waals surface area contributed by atoms with E-state index in [2.05, 4.69) is 9.97 Å². The van der Waals surface area contributed by atoms with Gasteiger partial charge in [0, 0.05) is 12.7 Å². The fourth-order valence-corrected chi connectivity index (χ4v) is 2.41. The zero-order valence-corrected chi connectivity index (χ0v) is 12.3. The fourth-order valence-electron chi connectivity index (χ4n) is 2.26. The van der Waals surface area contributed by atoms with Crippen LogP contribution in [0.15, 0.2) is 36.5 Å². The molecule has 0 saturated carbocycles. The number of hydrogen-bond acceptors (Lipinski definition) is 4. The molecule has 21 heavy (non-hydrogen) atoms. The Labute approximate surface area is 127 Å². The van der Waals surface area contributed by atoms with Gasteiger partial charge in [0.1, 0.15) is 11.3 Å². The lowest BCUT2D eigenvalue weighted by Gasteiger charge is -2.07. The third-order valence-electron chi connectivity index (χ3n) is 3.36. The van der Waals surface area contributed by atoms with Crippen molar-refractivity contribution in [3.05, 3.63) is 47.1 Å². The highest BCUT2D eigenvalue weighted by atomic mass is 35.5. The van der Waals surface area contributed by atoms with Crippen LogP contribution in [0.1, 0.15) is 5.56 Å². The summed E-state index contributed by atoms with van der Waals surface area (Å²) in [4.78, 5) is 8.60. The van der Waals surface area contributed by atoms with Gasteiger partial charge in [0.15, 0.2) is 5.65 Å². The number of rotatable bonds is 4. The second-order valence-electron chi connectivity index (χ2n) is 4.72. The molecule has 6 heteroatoms. The number of hydrogen-bond donors (Lipinski definition) is 1. The third kappa shape index (κ3) is 2.78. The summed E-state index contributed by atoms with van der Waals surface area (Å²) in [7, 11) is 1.66. The highest BCUT2D eigenvalue weighted by molar-refractivity contribution is 6.31. The summed E-state index contributed by atoms with van der Waals surface area (Å²) in [5, 5.41) is 0.558. The van der Waals surface area contributed by atoms with E-state index in [-0.39, 0.29) is 0 Å². The van der Waals surface area contributed by atoms with Gasteiger partial charge in [-0.1, -0.05) is 23.7 Å². The van der Waals surface area contributed by atoms with Crippen LogP contribution in [0.25, 0.3) is 11.2 Å². The molecule has 2 heterocycles. The Morgan fingerprint density at radius 1 is 1.29 bits per heavy atom. The molecule has 0 saturated heterocycles. The highest BCUT2D eigenvalue weighted by Gasteiger charge is 2.09. The molecule has 0 radical (unpaired) electrons. The van der Waals surface area contributed by atoms with Crippen molar-refractivity contribution in [2.24, 2.45) is 0 Å². The van der Waals surface area contributed by atoms with Crippen molar-refractivity contribution in [3.63, 3.8) is 0 Å². The number of aromatic nitrogens is 3. The number of fused-ring (bicyclic) bond motifs is 1. The molecule has 0 unspecified atom stereocenters. The van der Waals surface area contributed by atoms with Gasteiger partial charge in [0.05, 0.1) is 12.1 Å². The van der Waals surface area contributed by atoms with E-state index in [4.69, 9.17) is 22.1 Å². The topological polar surface area (TPSA) is 66.0 Å². The first-order valence-electron chi connectivity index (χ1n) is 6.57. The van der Waals surface area contributed by atoms with E-state index in [0.29, 0.717) is 17.5 Å². The molecule has 2 N–H and O–H groups in total. The summed E-state index contributed by atoms with van der Waals surface area (Å²) in [6, 6.07) is 9.74. The summed E-state index contributed by atoms with van der Waals surface area (Å²) in [5.41, 5.74) is 8.63. The van der Waals surface area contributed by atoms with Crippen LogP contribution in [0.3, 0.4) is 0 Å². The van der Waals surface area contributed by atoms with E-state index in [1.54, 1.807) is 19.4 Å². The molecule has 0 bridgehead atoms. The van der Waals surface area contributed by atoms with Crippen molar-refractivity contribution in [2.75, 3.05) is 12.8 Å². The number of halogens is 1. The molecule has 3 rings (SSSR count). The van der Waals surface area contributed by atoms with Crippen molar-refractivity contribution >= 4 is 28.7 Å². The molecule has 0 atom stereocenters. The van der Waals surface area contributed by atoms with Gasteiger partial charge in [-0.15, -0.1) is 0 Å². The zero-order valence-electron chi connectivity index (χ0n) is 11.6. The molecule has 0 spiro atoms. The van der Waals surface area contributed by atoms with Crippen molar-refractivity contribution in [2.45, 2.75) is 13.0 Å². The number of methoxy groups -OCH3 is 1. The fraction of sp³-hybridized carbons (Fsp3) is 0.200. The number of nitrogen functional groups attached to an aromatic ring is 1. The van der Waals surface area contributed by atoms with E-state index in [0.717, 1.165) is 23.3 Å². The Hall–Kier alpha value is -2.27. The van der Waals surface area contributed by atoms with E-state index in [1.165, 1.54) is 5.56 Å². The maximum atomic E-state index is 5.96. The van der Waals surface area contributed by atoms with Crippen LogP contribution in [0.5, 0.6) is 5.75 Å². The maximum absolute atomic E-state index is 5.96. The molecule has 5 nitrogen and oxygen atoms in total. The zero-order chi connectivity index (χ0) is 14.8. The summed E-state index contributed by atoms with van der Waals surface area (Å²) in [6.07, 6.45) is 2.44. The Morgan fingerprint density at radius 2 is 2.05 bits per heavy atom. The van der Waals surface area contributed by atoms with Crippen molar-refractivity contribution in [1.82, 2.24) is 14.5 Å². The van der Waals surface area contributed by atoms with E-state index in [1.807, 2.05) is 28.8 Å². The SMILES string of the molecule is COc1ccc(CCn2c(N)nc3cc(Cl)cnc32)cc1. The smallest absolute Gasteiger partial charge is 0.202 e. The van der Waals surface area contributed by atoms with E-state index >= 15 is 0 Å². The maximum Gasteiger partial charge on any atom is 0.202 e. The molecule has 0 amide bonds. The summed E-state index contributed by atoms with van der Waals surface area (Å²) in [6.45, 7) is 0.712. The molecule has 1 aromatic carbocycles. The standard InChI is InChI=1S/C15H15ClN4O/c1-21-12-4-2-10(3-5-12)6-7-20-14-13(19-15(20)17)8-11(16)9-18-14/h2-5,8-9H,6-7H2,1H3,(H2,17,19). The molecule has 0 aliphatic heterocycles. The minimum Gasteiger partial charge on any atom is -0.497 e. The lowest BCUT2D eigenvalue weighted by Crippen LogP contribution is -2.06. The summed E-state index contributed by atoms with van der Waals surface area (Å²) >= 11 is 5.92. The number of aryl methyl sites for hydroxylation is 2. The van der Waals surface area contributed by atoms with Gasteiger partial charge in [-0.05, 0) is 30.2 Å². The molecular formula is C15H15ClN4O. The molecule has 0 aliphatic carbocycles. The first-order chi connectivity index (χ1) is 10.2. The predicted molar refractivity (Wildman–Crippen MR) is 83.6 cm³/mol. The Bertz CT molecular complexity index is 767. The molecular weight excluding hydrogens is 288 g/mol. The lowest BCUT2D eigenvalue weighted by molar-refractivity contribution is 0.414. The quantitative estimate of drug-likeness (QED) is 0.804. The number of nitrogens with zero attached hydrogens (tertiary/aromatic N) is 3. The predicted octanol–water partition coefficient (Wildman–Crippen LogP) is 2.92.